The maximum Gasteiger partial charge on any atom is 0.327 e. The first-order chi connectivity index (χ1) is 11.5. The number of nitrogens with zero attached hydrogens (tertiary/aromatic N) is 1. The molecule has 9 heteroatoms. The molecule has 3 rings (SSSR count). The summed E-state index contributed by atoms with van der Waals surface area (Å²) in [7, 11) is 0. The van der Waals surface area contributed by atoms with Gasteiger partial charge in [-0.1, -0.05) is 35.0 Å². The monoisotopic (exact) mass is 346 g/mol. The second-order valence-electron chi connectivity index (χ2n) is 4.90. The van der Waals surface area contributed by atoms with Crippen LogP contribution in [0.3, 0.4) is 0 Å². The fraction of sp³-hybridized carbons (Fsp3) is 0.0667. The smallest absolute Gasteiger partial charge is 0.327 e. The Morgan fingerprint density at radius 3 is 2.71 bits per heavy atom. The molecule has 0 atom stereocenters. The molecular weight excluding hydrogens is 336 g/mol. The Hall–Kier alpha value is -3.13. The van der Waals surface area contributed by atoms with Crippen LogP contribution in [0, 0.1) is 6.92 Å². The predicted molar refractivity (Wildman–Crippen MR) is 87.3 cm³/mol. The number of amides is 1. The van der Waals surface area contributed by atoms with Crippen LogP contribution in [0.5, 0.6) is 0 Å². The number of hydrogen-bond donors (Lipinski definition) is 3. The molecule has 0 spiro atoms. The molecule has 24 heavy (non-hydrogen) atoms. The number of aromatic nitrogens is 3. The Morgan fingerprint density at radius 1 is 1.25 bits per heavy atom. The number of halogens is 1. The van der Waals surface area contributed by atoms with Gasteiger partial charge in [-0.2, -0.15) is 0 Å². The van der Waals surface area contributed by atoms with Gasteiger partial charge in [-0.25, -0.2) is 4.79 Å². The molecule has 8 nitrogen and oxygen atoms in total. The minimum Gasteiger partial charge on any atom is -0.360 e. The number of carbonyl (C=O) groups is 1. The third-order valence-corrected chi connectivity index (χ3v) is 3.56. The normalized spacial score (nSPS) is 10.6. The zero-order valence-corrected chi connectivity index (χ0v) is 13.1. The van der Waals surface area contributed by atoms with Crippen LogP contribution in [0.15, 0.2) is 44.4 Å². The maximum absolute atomic E-state index is 12.5. The van der Waals surface area contributed by atoms with E-state index in [4.69, 9.17) is 16.1 Å². The molecule has 0 unspecified atom stereocenters. The second kappa shape index (κ2) is 6.17. The van der Waals surface area contributed by atoms with Crippen molar-refractivity contribution >= 4 is 23.3 Å². The molecule has 0 radical (unpaired) electrons. The van der Waals surface area contributed by atoms with Crippen molar-refractivity contribution in [2.24, 2.45) is 0 Å². The van der Waals surface area contributed by atoms with Crippen molar-refractivity contribution in [1.29, 1.82) is 0 Å². The summed E-state index contributed by atoms with van der Waals surface area (Å²) in [5, 5.41) is 6.73. The number of anilines is 1. The average molecular weight is 347 g/mol. The van der Waals surface area contributed by atoms with E-state index in [0.717, 1.165) is 6.07 Å². The molecule has 1 amide bonds. The van der Waals surface area contributed by atoms with E-state index < -0.39 is 17.2 Å². The molecule has 0 bridgehead atoms. The summed E-state index contributed by atoms with van der Waals surface area (Å²) in [6.45, 7) is 1.57. The van der Waals surface area contributed by atoms with E-state index in [2.05, 4.69) is 15.5 Å². The Bertz CT molecular complexity index is 1010. The molecule has 0 fully saturated rings. The highest BCUT2D eigenvalue weighted by molar-refractivity contribution is 6.33. The van der Waals surface area contributed by atoms with Crippen molar-refractivity contribution in [3.63, 3.8) is 0 Å². The highest BCUT2D eigenvalue weighted by Crippen LogP contribution is 2.31. The molecule has 1 aromatic carbocycles. The largest absolute Gasteiger partial charge is 0.360 e. The number of nitrogens with one attached hydrogen (secondary N) is 3. The van der Waals surface area contributed by atoms with Gasteiger partial charge in [0.05, 0.1) is 5.02 Å². The van der Waals surface area contributed by atoms with Crippen molar-refractivity contribution in [1.82, 2.24) is 15.1 Å². The zero-order chi connectivity index (χ0) is 17.3. The van der Waals surface area contributed by atoms with Crippen molar-refractivity contribution in [3.8, 4) is 11.3 Å². The van der Waals surface area contributed by atoms with Gasteiger partial charge in [-0.3, -0.25) is 19.6 Å². The minimum atomic E-state index is -0.730. The summed E-state index contributed by atoms with van der Waals surface area (Å²) < 4.78 is 5.10. The van der Waals surface area contributed by atoms with E-state index in [-0.39, 0.29) is 22.8 Å². The topological polar surface area (TPSA) is 121 Å². The van der Waals surface area contributed by atoms with Gasteiger partial charge in [0.1, 0.15) is 22.8 Å². The average Bonchev–Trinajstić information content (AvgIpc) is 2.88. The van der Waals surface area contributed by atoms with Crippen molar-refractivity contribution < 1.29 is 9.32 Å². The van der Waals surface area contributed by atoms with Crippen LogP contribution in [-0.2, 0) is 0 Å². The minimum absolute atomic E-state index is 0.0422. The number of rotatable bonds is 3. The van der Waals surface area contributed by atoms with E-state index in [1.165, 1.54) is 0 Å². The van der Waals surface area contributed by atoms with Crippen LogP contribution in [-0.4, -0.2) is 21.0 Å². The molecule has 0 aliphatic carbocycles. The summed E-state index contributed by atoms with van der Waals surface area (Å²) in [6, 6.07) is 7.92. The molecule has 0 saturated heterocycles. The fourth-order valence-electron chi connectivity index (χ4n) is 2.20. The zero-order valence-electron chi connectivity index (χ0n) is 12.3. The molecule has 3 N–H and O–H groups in total. The number of hydrogen-bond acceptors (Lipinski definition) is 5. The van der Waals surface area contributed by atoms with Gasteiger partial charge in [-0.05, 0) is 13.0 Å². The molecular formula is C15H11ClN4O4. The first kappa shape index (κ1) is 15.8. The van der Waals surface area contributed by atoms with Crippen LogP contribution in [0.2, 0.25) is 5.02 Å². The predicted octanol–water partition coefficient (Wildman–Crippen LogP) is 1.93. The first-order valence-corrected chi connectivity index (χ1v) is 7.19. The summed E-state index contributed by atoms with van der Waals surface area (Å²) in [6.07, 6.45) is 0. The number of H-pyrrole nitrogens is 2. The van der Waals surface area contributed by atoms with Crippen LogP contribution in [0.1, 0.15) is 16.1 Å². The van der Waals surface area contributed by atoms with Gasteiger partial charge in [0.25, 0.3) is 11.5 Å². The van der Waals surface area contributed by atoms with Crippen molar-refractivity contribution in [2.45, 2.75) is 6.92 Å². The fourth-order valence-corrected chi connectivity index (χ4v) is 2.42. The van der Waals surface area contributed by atoms with E-state index in [0.29, 0.717) is 10.6 Å². The maximum atomic E-state index is 12.5. The third-order valence-electron chi connectivity index (χ3n) is 3.23. The van der Waals surface area contributed by atoms with E-state index in [9.17, 15) is 14.4 Å². The highest BCUT2D eigenvalue weighted by Gasteiger charge is 2.23. The number of carbonyl (C=O) groups excluding carboxylic acids is 1. The number of benzene rings is 1. The van der Waals surface area contributed by atoms with Gasteiger partial charge in [0.15, 0.2) is 0 Å². The van der Waals surface area contributed by atoms with Crippen LogP contribution >= 0.6 is 11.6 Å². The third kappa shape index (κ3) is 2.99. The summed E-state index contributed by atoms with van der Waals surface area (Å²) >= 11 is 6.14. The molecule has 0 saturated carbocycles. The molecule has 122 valence electrons. The summed E-state index contributed by atoms with van der Waals surface area (Å²) in [4.78, 5) is 39.4. The Labute approximate surface area is 139 Å². The Balaban J connectivity index is 2.02. The van der Waals surface area contributed by atoms with Crippen LogP contribution < -0.4 is 16.6 Å². The summed E-state index contributed by atoms with van der Waals surface area (Å²) in [5.41, 5.74) is -0.416. The number of aryl methyl sites for hydroxylation is 1. The van der Waals surface area contributed by atoms with Gasteiger partial charge in [0, 0.05) is 11.6 Å². The summed E-state index contributed by atoms with van der Waals surface area (Å²) in [5.74, 6) is -0.362. The molecule has 0 aliphatic rings. The van der Waals surface area contributed by atoms with Gasteiger partial charge in [-0.15, -0.1) is 0 Å². The lowest BCUT2D eigenvalue weighted by molar-refractivity contribution is 0.102. The van der Waals surface area contributed by atoms with E-state index in [1.807, 2.05) is 4.98 Å². The molecule has 3 aromatic rings. The van der Waals surface area contributed by atoms with Gasteiger partial charge in [0.2, 0.25) is 0 Å². The number of aromatic amines is 2. The Kier molecular flexibility index (Phi) is 4.05. The molecule has 2 aromatic heterocycles. The van der Waals surface area contributed by atoms with Crippen molar-refractivity contribution in [2.75, 3.05) is 5.32 Å². The second-order valence-corrected chi connectivity index (χ2v) is 5.30. The molecule has 2 heterocycles. The van der Waals surface area contributed by atoms with E-state index in [1.54, 1.807) is 31.2 Å². The highest BCUT2D eigenvalue weighted by atomic mass is 35.5. The molecule has 0 aliphatic heterocycles. The van der Waals surface area contributed by atoms with E-state index >= 15 is 0 Å². The standard InChI is InChI=1S/C15H11ClN4O4/c1-7-12(13(20-24-7)8-4-2-3-5-9(8)16)14(22)17-10-6-11(21)19-15(23)18-10/h2-6H,1H3,(H3,17,18,19,21,22,23). The van der Waals surface area contributed by atoms with Gasteiger partial charge < -0.3 is 9.84 Å². The first-order valence-electron chi connectivity index (χ1n) is 6.82. The van der Waals surface area contributed by atoms with Crippen LogP contribution in [0.4, 0.5) is 5.82 Å². The van der Waals surface area contributed by atoms with Gasteiger partial charge >= 0.3 is 5.69 Å². The lowest BCUT2D eigenvalue weighted by atomic mass is 10.1. The SMILES string of the molecule is Cc1onc(-c2ccccc2Cl)c1C(=O)Nc1cc(=O)[nH]c(=O)[nH]1. The van der Waals surface area contributed by atoms with Crippen LogP contribution in [0.25, 0.3) is 11.3 Å². The lowest BCUT2D eigenvalue weighted by Gasteiger charge is -2.06. The lowest BCUT2D eigenvalue weighted by Crippen LogP contribution is -2.25. The quantitative estimate of drug-likeness (QED) is 0.669. The Morgan fingerprint density at radius 2 is 2.00 bits per heavy atom. The van der Waals surface area contributed by atoms with Crippen molar-refractivity contribution in [3.05, 3.63) is 67.5 Å².